The summed E-state index contributed by atoms with van der Waals surface area (Å²) in [5, 5.41) is 10.1. The molecule has 1 atom stereocenters. The minimum Gasteiger partial charge on any atom is -0.354 e. The molecule has 0 radical (unpaired) electrons. The molecule has 0 bridgehead atoms. The lowest BCUT2D eigenvalue weighted by Gasteiger charge is -2.26. The average Bonchev–Trinajstić information content (AvgIpc) is 2.64. The normalized spacial score (nSPS) is 16.6. The van der Waals surface area contributed by atoms with Gasteiger partial charge in [0.2, 0.25) is 5.91 Å². The number of aromatic nitrogens is 2. The third kappa shape index (κ3) is 3.46. The van der Waals surface area contributed by atoms with Gasteiger partial charge in [-0.05, 0) is 25.8 Å². The van der Waals surface area contributed by atoms with Gasteiger partial charge in [-0.3, -0.25) is 9.48 Å². The van der Waals surface area contributed by atoms with Gasteiger partial charge in [-0.2, -0.15) is 5.10 Å². The van der Waals surface area contributed by atoms with E-state index in [1.54, 1.807) is 17.9 Å². The zero-order valence-electron chi connectivity index (χ0n) is 10.8. The van der Waals surface area contributed by atoms with Crippen LogP contribution in [0, 0.1) is 5.92 Å². The maximum absolute atomic E-state index is 12.0. The van der Waals surface area contributed by atoms with Crippen LogP contribution in [0.3, 0.4) is 0 Å². The number of carbonyl (C=O) groups is 1. The van der Waals surface area contributed by atoms with Gasteiger partial charge in [0.05, 0.1) is 6.20 Å². The number of nitrogens with zero attached hydrogens (tertiary/aromatic N) is 2. The molecule has 0 saturated heterocycles. The van der Waals surface area contributed by atoms with E-state index in [2.05, 4.69) is 15.7 Å². The molecule has 5 nitrogen and oxygen atoms in total. The number of likely N-dealkylation sites (N-methyl/N-ethyl adjacent to an activating group) is 1. The van der Waals surface area contributed by atoms with Gasteiger partial charge in [-0.15, -0.1) is 12.4 Å². The lowest BCUT2D eigenvalue weighted by atomic mass is 9.85. The van der Waals surface area contributed by atoms with E-state index in [4.69, 9.17) is 0 Å². The van der Waals surface area contributed by atoms with Crippen molar-refractivity contribution in [2.45, 2.75) is 25.3 Å². The van der Waals surface area contributed by atoms with E-state index in [0.29, 0.717) is 5.92 Å². The highest BCUT2D eigenvalue weighted by atomic mass is 35.5. The van der Waals surface area contributed by atoms with Crippen molar-refractivity contribution < 1.29 is 4.79 Å². The monoisotopic (exact) mass is 272 g/mol. The maximum atomic E-state index is 12.0. The summed E-state index contributed by atoms with van der Waals surface area (Å²) >= 11 is 0. The van der Waals surface area contributed by atoms with Gasteiger partial charge in [0, 0.05) is 25.4 Å². The van der Waals surface area contributed by atoms with Gasteiger partial charge in [0.15, 0.2) is 0 Å². The molecule has 1 aromatic rings. The zero-order valence-corrected chi connectivity index (χ0v) is 11.7. The van der Waals surface area contributed by atoms with Crippen molar-refractivity contribution in [2.24, 2.45) is 13.0 Å². The zero-order chi connectivity index (χ0) is 12.3. The molecule has 1 saturated carbocycles. The summed E-state index contributed by atoms with van der Waals surface area (Å²) in [4.78, 5) is 12.0. The number of nitrogens with one attached hydrogen (secondary N) is 2. The molecule has 1 unspecified atom stereocenters. The largest absolute Gasteiger partial charge is 0.354 e. The second-order valence-electron chi connectivity index (χ2n) is 4.71. The standard InChI is InChI=1S/C12H20N4O.ClH/c1-13-11(10-7-15-16(2)8-10)12(17)14-6-9-4-3-5-9;/h7-9,11,13H,3-6H2,1-2H3,(H,14,17);1H. The summed E-state index contributed by atoms with van der Waals surface area (Å²) in [6.07, 6.45) is 7.39. The Kier molecular flexibility index (Phi) is 5.62. The quantitative estimate of drug-likeness (QED) is 0.841. The van der Waals surface area contributed by atoms with Crippen molar-refractivity contribution in [1.82, 2.24) is 20.4 Å². The molecule has 2 rings (SSSR count). The molecule has 102 valence electrons. The molecule has 0 aromatic carbocycles. The molecule has 0 spiro atoms. The van der Waals surface area contributed by atoms with E-state index < -0.39 is 0 Å². The van der Waals surface area contributed by atoms with Crippen LogP contribution in [0.2, 0.25) is 0 Å². The van der Waals surface area contributed by atoms with E-state index in [9.17, 15) is 4.79 Å². The average molecular weight is 273 g/mol. The summed E-state index contributed by atoms with van der Waals surface area (Å²) in [6.45, 7) is 0.803. The summed E-state index contributed by atoms with van der Waals surface area (Å²) in [7, 11) is 3.64. The fourth-order valence-electron chi connectivity index (χ4n) is 2.08. The topological polar surface area (TPSA) is 59.0 Å². The summed E-state index contributed by atoms with van der Waals surface area (Å²) < 4.78 is 1.71. The van der Waals surface area contributed by atoms with Crippen molar-refractivity contribution in [3.63, 3.8) is 0 Å². The Hall–Kier alpha value is -1.07. The van der Waals surface area contributed by atoms with Crippen LogP contribution in [0.15, 0.2) is 12.4 Å². The molecular weight excluding hydrogens is 252 g/mol. The van der Waals surface area contributed by atoms with Crippen LogP contribution < -0.4 is 10.6 Å². The Morgan fingerprint density at radius 2 is 2.33 bits per heavy atom. The van der Waals surface area contributed by atoms with E-state index in [-0.39, 0.29) is 24.4 Å². The van der Waals surface area contributed by atoms with Crippen LogP contribution in [-0.4, -0.2) is 29.3 Å². The van der Waals surface area contributed by atoms with Crippen molar-refractivity contribution in [3.8, 4) is 0 Å². The molecule has 1 fully saturated rings. The highest BCUT2D eigenvalue weighted by Crippen LogP contribution is 2.25. The number of aryl methyl sites for hydroxylation is 1. The fourth-order valence-corrected chi connectivity index (χ4v) is 2.08. The summed E-state index contributed by atoms with van der Waals surface area (Å²) in [6, 6.07) is -0.302. The lowest BCUT2D eigenvalue weighted by Crippen LogP contribution is -2.39. The van der Waals surface area contributed by atoms with E-state index >= 15 is 0 Å². The Balaban J connectivity index is 0.00000162. The van der Waals surface area contributed by atoms with E-state index in [0.717, 1.165) is 12.1 Å². The molecule has 1 amide bonds. The van der Waals surface area contributed by atoms with Gasteiger partial charge in [-0.25, -0.2) is 0 Å². The Morgan fingerprint density at radius 3 is 2.78 bits per heavy atom. The van der Waals surface area contributed by atoms with Crippen molar-refractivity contribution in [3.05, 3.63) is 18.0 Å². The second-order valence-corrected chi connectivity index (χ2v) is 4.71. The number of hydrogen-bond acceptors (Lipinski definition) is 3. The molecule has 6 heteroatoms. The highest BCUT2D eigenvalue weighted by molar-refractivity contribution is 5.85. The smallest absolute Gasteiger partial charge is 0.241 e. The molecule has 1 aromatic heterocycles. The van der Waals surface area contributed by atoms with Gasteiger partial charge >= 0.3 is 0 Å². The molecule has 0 aliphatic heterocycles. The van der Waals surface area contributed by atoms with Crippen molar-refractivity contribution in [2.75, 3.05) is 13.6 Å². The first-order valence-electron chi connectivity index (χ1n) is 6.14. The molecule has 1 heterocycles. The van der Waals surface area contributed by atoms with Gasteiger partial charge < -0.3 is 10.6 Å². The first-order chi connectivity index (χ1) is 8.20. The van der Waals surface area contributed by atoms with E-state index in [1.165, 1.54) is 19.3 Å². The van der Waals surface area contributed by atoms with Crippen LogP contribution in [0.4, 0.5) is 0 Å². The van der Waals surface area contributed by atoms with Crippen LogP contribution in [-0.2, 0) is 11.8 Å². The van der Waals surface area contributed by atoms with Gasteiger partial charge in [-0.1, -0.05) is 6.42 Å². The van der Waals surface area contributed by atoms with Crippen LogP contribution >= 0.6 is 12.4 Å². The fraction of sp³-hybridized carbons (Fsp3) is 0.667. The van der Waals surface area contributed by atoms with E-state index in [1.807, 2.05) is 13.2 Å². The maximum Gasteiger partial charge on any atom is 0.241 e. The van der Waals surface area contributed by atoms with Gasteiger partial charge in [0.1, 0.15) is 6.04 Å². The second kappa shape index (κ2) is 6.75. The molecule has 2 N–H and O–H groups in total. The molecule has 1 aliphatic rings. The van der Waals surface area contributed by atoms with Crippen LogP contribution in [0.25, 0.3) is 0 Å². The first kappa shape index (κ1) is 15.0. The predicted octanol–water partition coefficient (Wildman–Crippen LogP) is 1.02. The van der Waals surface area contributed by atoms with Crippen molar-refractivity contribution in [1.29, 1.82) is 0 Å². The minimum absolute atomic E-state index is 0. The van der Waals surface area contributed by atoms with Crippen LogP contribution in [0.1, 0.15) is 30.9 Å². The number of rotatable bonds is 5. The Bertz CT molecular complexity index is 389. The number of halogens is 1. The Labute approximate surface area is 114 Å². The minimum atomic E-state index is -0.302. The summed E-state index contributed by atoms with van der Waals surface area (Å²) in [5.41, 5.74) is 0.904. The molecule has 18 heavy (non-hydrogen) atoms. The van der Waals surface area contributed by atoms with Crippen molar-refractivity contribution >= 4 is 18.3 Å². The number of amides is 1. The highest BCUT2D eigenvalue weighted by Gasteiger charge is 2.22. The SMILES string of the molecule is CNC(C(=O)NCC1CCC1)c1cnn(C)c1.Cl. The molecule has 1 aliphatic carbocycles. The summed E-state index contributed by atoms with van der Waals surface area (Å²) in [5.74, 6) is 0.720. The predicted molar refractivity (Wildman–Crippen MR) is 72.6 cm³/mol. The third-order valence-corrected chi connectivity index (χ3v) is 3.40. The molecular formula is C12H21ClN4O. The lowest BCUT2D eigenvalue weighted by molar-refractivity contribution is -0.123. The Morgan fingerprint density at radius 1 is 1.61 bits per heavy atom. The van der Waals surface area contributed by atoms with Crippen LogP contribution in [0.5, 0.6) is 0 Å². The first-order valence-corrected chi connectivity index (χ1v) is 6.14. The number of carbonyl (C=O) groups excluding carboxylic acids is 1. The number of hydrogen-bond donors (Lipinski definition) is 2. The van der Waals surface area contributed by atoms with Gasteiger partial charge in [0.25, 0.3) is 0 Å². The third-order valence-electron chi connectivity index (χ3n) is 3.40.